The number of alkyl carbamates (subject to hydrolysis) is 1. The predicted molar refractivity (Wildman–Crippen MR) is 166 cm³/mol. The first-order valence-electron chi connectivity index (χ1n) is 13.9. The van der Waals surface area contributed by atoms with Gasteiger partial charge in [0.15, 0.2) is 0 Å². The maximum Gasteiger partial charge on any atom is 0.408 e. The number of para-hydroxylation sites is 1. The number of aromatic hydroxyl groups is 1. The number of nitrogens with zero attached hydrogens (tertiary/aromatic N) is 1. The highest BCUT2D eigenvalue weighted by Crippen LogP contribution is 2.32. The van der Waals surface area contributed by atoms with Crippen molar-refractivity contribution in [2.45, 2.75) is 72.6 Å². The number of hydrogen-bond acceptors (Lipinski definition) is 5. The molecule has 3 N–H and O–H groups in total. The SMILES string of the molecule is CCN(C(=O)C(Cc1ccc(O)cc1)NC(=O)OC(C)(C)C)C(C(=O)Nc1c(C)cccc1Cl)c1c(C)cccc1C. The van der Waals surface area contributed by atoms with Crippen LogP contribution in [0.25, 0.3) is 0 Å². The third kappa shape index (κ3) is 8.26. The molecule has 42 heavy (non-hydrogen) atoms. The van der Waals surface area contributed by atoms with Gasteiger partial charge in [-0.05, 0) is 94.5 Å². The fourth-order valence-electron chi connectivity index (χ4n) is 4.85. The maximum atomic E-state index is 14.4. The number of carbonyl (C=O) groups is 3. The number of halogens is 1. The summed E-state index contributed by atoms with van der Waals surface area (Å²) in [5.74, 6) is -0.812. The first-order chi connectivity index (χ1) is 19.7. The molecule has 3 aromatic rings. The number of phenolic OH excluding ortho intramolecular Hbond substituents is 1. The number of phenols is 1. The van der Waals surface area contributed by atoms with E-state index in [1.807, 2.05) is 45.0 Å². The van der Waals surface area contributed by atoms with E-state index in [4.69, 9.17) is 16.3 Å². The van der Waals surface area contributed by atoms with Gasteiger partial charge in [-0.25, -0.2) is 4.79 Å². The summed E-state index contributed by atoms with van der Waals surface area (Å²) >= 11 is 6.45. The van der Waals surface area contributed by atoms with Crippen LogP contribution in [0.15, 0.2) is 60.7 Å². The van der Waals surface area contributed by atoms with Crippen molar-refractivity contribution in [3.63, 3.8) is 0 Å². The van der Waals surface area contributed by atoms with Gasteiger partial charge < -0.3 is 25.4 Å². The lowest BCUT2D eigenvalue weighted by Gasteiger charge is -2.35. The van der Waals surface area contributed by atoms with E-state index in [9.17, 15) is 19.5 Å². The number of aryl methyl sites for hydroxylation is 3. The van der Waals surface area contributed by atoms with Crippen LogP contribution in [-0.4, -0.2) is 46.1 Å². The Labute approximate surface area is 253 Å². The van der Waals surface area contributed by atoms with E-state index < -0.39 is 35.6 Å². The molecule has 3 aromatic carbocycles. The molecule has 8 nitrogen and oxygen atoms in total. The first kappa shape index (κ1) is 32.5. The number of benzene rings is 3. The number of rotatable bonds is 9. The molecule has 0 aliphatic rings. The van der Waals surface area contributed by atoms with E-state index >= 15 is 0 Å². The zero-order valence-electron chi connectivity index (χ0n) is 25.2. The highest BCUT2D eigenvalue weighted by molar-refractivity contribution is 6.34. The molecule has 0 saturated heterocycles. The van der Waals surface area contributed by atoms with Gasteiger partial charge in [0, 0.05) is 13.0 Å². The quantitative estimate of drug-likeness (QED) is 0.258. The number of hydrogen-bond donors (Lipinski definition) is 3. The van der Waals surface area contributed by atoms with Crippen LogP contribution in [-0.2, 0) is 20.7 Å². The third-order valence-electron chi connectivity index (χ3n) is 6.83. The van der Waals surface area contributed by atoms with Crippen molar-refractivity contribution in [1.29, 1.82) is 0 Å². The Hall–Kier alpha value is -4.04. The van der Waals surface area contributed by atoms with E-state index in [0.29, 0.717) is 21.8 Å². The standard InChI is InChI=1S/C33H40ClN3O5/c1-8-37(31(40)26(35-32(41)42-33(5,6)7)19-23-15-17-24(38)18-16-23)29(27-20(2)11-9-12-21(27)3)30(39)36-28-22(4)13-10-14-25(28)34/h9-18,26,29,38H,8,19H2,1-7H3,(H,35,41)(H,36,39). The van der Waals surface area contributed by atoms with Gasteiger partial charge >= 0.3 is 6.09 Å². The van der Waals surface area contributed by atoms with E-state index in [1.165, 1.54) is 17.0 Å². The molecule has 0 spiro atoms. The highest BCUT2D eigenvalue weighted by atomic mass is 35.5. The molecule has 0 aliphatic heterocycles. The fraction of sp³-hybridized carbons (Fsp3) is 0.364. The highest BCUT2D eigenvalue weighted by Gasteiger charge is 2.37. The first-order valence-corrected chi connectivity index (χ1v) is 14.3. The molecule has 3 rings (SSSR count). The Balaban J connectivity index is 2.09. The van der Waals surface area contributed by atoms with Gasteiger partial charge in [0.2, 0.25) is 5.91 Å². The maximum absolute atomic E-state index is 14.4. The number of ether oxygens (including phenoxy) is 1. The average molecular weight is 594 g/mol. The summed E-state index contributed by atoms with van der Waals surface area (Å²) in [6.07, 6.45) is -0.644. The molecular weight excluding hydrogens is 554 g/mol. The monoisotopic (exact) mass is 593 g/mol. The van der Waals surface area contributed by atoms with Gasteiger partial charge in [0.1, 0.15) is 23.4 Å². The molecule has 0 heterocycles. The van der Waals surface area contributed by atoms with Gasteiger partial charge in [0.25, 0.3) is 5.91 Å². The van der Waals surface area contributed by atoms with Crippen molar-refractivity contribution in [2.75, 3.05) is 11.9 Å². The topological polar surface area (TPSA) is 108 Å². The van der Waals surface area contributed by atoms with Gasteiger partial charge in [-0.2, -0.15) is 0 Å². The van der Waals surface area contributed by atoms with Crippen LogP contribution in [0.1, 0.15) is 61.6 Å². The Morgan fingerprint density at radius 2 is 1.50 bits per heavy atom. The zero-order chi connectivity index (χ0) is 31.2. The van der Waals surface area contributed by atoms with E-state index in [1.54, 1.807) is 52.0 Å². The van der Waals surface area contributed by atoms with E-state index in [2.05, 4.69) is 10.6 Å². The number of carbonyl (C=O) groups excluding carboxylic acids is 3. The van der Waals surface area contributed by atoms with E-state index in [0.717, 1.165) is 16.7 Å². The smallest absolute Gasteiger partial charge is 0.408 e. The van der Waals surface area contributed by atoms with Crippen molar-refractivity contribution >= 4 is 35.2 Å². The lowest BCUT2D eigenvalue weighted by Crippen LogP contribution is -2.53. The fourth-order valence-corrected chi connectivity index (χ4v) is 5.12. The third-order valence-corrected chi connectivity index (χ3v) is 7.15. The normalized spacial score (nSPS) is 12.7. The Morgan fingerprint density at radius 3 is 2.05 bits per heavy atom. The van der Waals surface area contributed by atoms with Crippen molar-refractivity contribution in [2.24, 2.45) is 0 Å². The van der Waals surface area contributed by atoms with E-state index in [-0.39, 0.29) is 18.7 Å². The lowest BCUT2D eigenvalue weighted by molar-refractivity contribution is -0.140. The summed E-state index contributed by atoms with van der Waals surface area (Å²) in [6.45, 7) is 12.8. The van der Waals surface area contributed by atoms with Gasteiger partial charge in [0.05, 0.1) is 10.7 Å². The molecule has 0 radical (unpaired) electrons. The average Bonchev–Trinajstić information content (AvgIpc) is 2.89. The summed E-state index contributed by atoms with van der Waals surface area (Å²) in [5.41, 5.74) is 3.54. The second-order valence-electron chi connectivity index (χ2n) is 11.3. The lowest BCUT2D eigenvalue weighted by atomic mass is 9.93. The largest absolute Gasteiger partial charge is 0.508 e. The van der Waals surface area contributed by atoms with Crippen LogP contribution in [0, 0.1) is 20.8 Å². The van der Waals surface area contributed by atoms with Crippen LogP contribution in [0.4, 0.5) is 10.5 Å². The number of anilines is 1. The molecule has 0 aliphatic carbocycles. The van der Waals surface area contributed by atoms with Gasteiger partial charge in [-0.1, -0.05) is 54.1 Å². The molecule has 0 fully saturated rings. The number of likely N-dealkylation sites (N-methyl/N-ethyl adjacent to an activating group) is 1. The summed E-state index contributed by atoms with van der Waals surface area (Å²) in [7, 11) is 0. The van der Waals surface area contributed by atoms with Gasteiger partial charge in [-0.3, -0.25) is 9.59 Å². The second kappa shape index (κ2) is 13.7. The molecular formula is C33H40ClN3O5. The van der Waals surface area contributed by atoms with Crippen LogP contribution < -0.4 is 10.6 Å². The molecule has 2 unspecified atom stereocenters. The molecule has 3 amide bonds. The van der Waals surface area contributed by atoms with Crippen molar-refractivity contribution in [3.05, 3.63) is 93.5 Å². The Bertz CT molecular complexity index is 1390. The minimum atomic E-state index is -1.06. The molecule has 0 saturated carbocycles. The van der Waals surface area contributed by atoms with Crippen LogP contribution in [0.3, 0.4) is 0 Å². The van der Waals surface area contributed by atoms with Crippen LogP contribution in [0.2, 0.25) is 5.02 Å². The molecule has 9 heteroatoms. The van der Waals surface area contributed by atoms with Crippen molar-refractivity contribution < 1.29 is 24.2 Å². The second-order valence-corrected chi connectivity index (χ2v) is 11.7. The number of nitrogens with one attached hydrogen (secondary N) is 2. The van der Waals surface area contributed by atoms with Crippen molar-refractivity contribution in [1.82, 2.24) is 10.2 Å². The number of amides is 3. The minimum absolute atomic E-state index is 0.0820. The minimum Gasteiger partial charge on any atom is -0.508 e. The van der Waals surface area contributed by atoms with Crippen LogP contribution >= 0.6 is 11.6 Å². The summed E-state index contributed by atoms with van der Waals surface area (Å²) in [4.78, 5) is 42.9. The van der Waals surface area contributed by atoms with Gasteiger partial charge in [-0.15, -0.1) is 0 Å². The van der Waals surface area contributed by atoms with Crippen LogP contribution in [0.5, 0.6) is 5.75 Å². The Kier molecular flexibility index (Phi) is 10.6. The molecule has 2 atom stereocenters. The molecule has 224 valence electrons. The predicted octanol–water partition coefficient (Wildman–Crippen LogP) is 6.64. The molecule has 0 bridgehead atoms. The van der Waals surface area contributed by atoms with Crippen molar-refractivity contribution in [3.8, 4) is 5.75 Å². The zero-order valence-corrected chi connectivity index (χ0v) is 26.0. The molecule has 0 aromatic heterocycles. The summed E-state index contributed by atoms with van der Waals surface area (Å²) in [5, 5.41) is 15.8. The summed E-state index contributed by atoms with van der Waals surface area (Å²) < 4.78 is 5.47. The summed E-state index contributed by atoms with van der Waals surface area (Å²) in [6, 6.07) is 15.3. The Morgan fingerprint density at radius 1 is 0.929 bits per heavy atom.